The summed E-state index contributed by atoms with van der Waals surface area (Å²) in [5.41, 5.74) is 1.70. The molecule has 2 N–H and O–H groups in total. The fourth-order valence-electron chi connectivity index (χ4n) is 3.55. The number of sulfone groups is 1. The van der Waals surface area contributed by atoms with Gasteiger partial charge in [-0.25, -0.2) is 8.42 Å². The monoisotopic (exact) mass is 400 g/mol. The van der Waals surface area contributed by atoms with Crippen molar-refractivity contribution in [3.8, 4) is 0 Å². The van der Waals surface area contributed by atoms with Crippen LogP contribution in [0.4, 0.5) is 5.69 Å². The molecule has 7 heteroatoms. The number of halogens is 1. The lowest BCUT2D eigenvalue weighted by Crippen LogP contribution is -2.31. The molecule has 26 heavy (non-hydrogen) atoms. The van der Waals surface area contributed by atoms with E-state index in [0.29, 0.717) is 0 Å². The number of piperidine rings is 1. The highest BCUT2D eigenvalue weighted by Gasteiger charge is 2.57. The Hall–Kier alpha value is -1.11. The Morgan fingerprint density at radius 3 is 2.31 bits per heavy atom. The molecule has 1 spiro atoms. The first kappa shape index (κ1) is 21.2. The zero-order valence-electron chi connectivity index (χ0n) is 15.7. The summed E-state index contributed by atoms with van der Waals surface area (Å²) in [6.45, 7) is 7.14. The first-order valence-corrected chi connectivity index (χ1v) is 10.6. The number of hydrogen-bond acceptors (Lipinski definition) is 4. The molecule has 1 amide bonds. The topological polar surface area (TPSA) is 75.3 Å². The van der Waals surface area contributed by atoms with Crippen LogP contribution < -0.4 is 10.6 Å². The van der Waals surface area contributed by atoms with Crippen LogP contribution in [0.1, 0.15) is 45.6 Å². The van der Waals surface area contributed by atoms with Gasteiger partial charge in [-0.1, -0.05) is 12.1 Å². The Kier molecular flexibility index (Phi) is 6.10. The molecular weight excluding hydrogens is 372 g/mol. The fourth-order valence-corrected chi connectivity index (χ4v) is 4.61. The minimum Gasteiger partial charge on any atom is -0.326 e. The van der Waals surface area contributed by atoms with E-state index < -0.39 is 14.6 Å². The molecule has 2 aliphatic rings. The predicted molar refractivity (Wildman–Crippen MR) is 107 cm³/mol. The van der Waals surface area contributed by atoms with Gasteiger partial charge in [-0.15, -0.1) is 12.4 Å². The summed E-state index contributed by atoms with van der Waals surface area (Å²) in [6.07, 6.45) is 3.14. The van der Waals surface area contributed by atoms with E-state index in [-0.39, 0.29) is 35.4 Å². The van der Waals surface area contributed by atoms with Crippen LogP contribution in [0, 0.1) is 11.3 Å². The Morgan fingerprint density at radius 2 is 1.77 bits per heavy atom. The third-order valence-electron chi connectivity index (χ3n) is 5.62. The van der Waals surface area contributed by atoms with Crippen LogP contribution >= 0.6 is 12.4 Å². The molecule has 2 fully saturated rings. The van der Waals surface area contributed by atoms with Crippen molar-refractivity contribution in [1.29, 1.82) is 0 Å². The van der Waals surface area contributed by atoms with Crippen molar-refractivity contribution in [3.63, 3.8) is 0 Å². The Balaban J connectivity index is 0.00000243. The highest BCUT2D eigenvalue weighted by molar-refractivity contribution is 7.91. The van der Waals surface area contributed by atoms with Crippen molar-refractivity contribution in [2.45, 2.75) is 50.5 Å². The number of benzene rings is 1. The number of amides is 1. The van der Waals surface area contributed by atoms with Gasteiger partial charge in [-0.3, -0.25) is 4.79 Å². The minimum absolute atomic E-state index is 0. The van der Waals surface area contributed by atoms with Crippen molar-refractivity contribution in [2.24, 2.45) is 11.3 Å². The van der Waals surface area contributed by atoms with E-state index in [2.05, 4.69) is 10.6 Å². The van der Waals surface area contributed by atoms with E-state index in [1.807, 2.05) is 0 Å². The smallest absolute Gasteiger partial charge is 0.228 e. The second-order valence-electron chi connectivity index (χ2n) is 8.43. The molecule has 5 nitrogen and oxygen atoms in total. The van der Waals surface area contributed by atoms with Gasteiger partial charge in [-0.05, 0) is 76.2 Å². The highest BCUT2D eigenvalue weighted by Crippen LogP contribution is 2.58. The lowest BCUT2D eigenvalue weighted by Gasteiger charge is -2.23. The average molecular weight is 401 g/mol. The van der Waals surface area contributed by atoms with Crippen LogP contribution in [0.25, 0.3) is 0 Å². The standard InChI is InChI=1S/C19H28N2O3S.ClH/c1-18(2,3)25(23,24)13-14-4-6-15(7-5-14)21-17(22)16-12-19(16)8-10-20-11-9-19;/h4-7,16,20H,8-13H2,1-3H3,(H,21,22);1H. The molecule has 1 aliphatic carbocycles. The predicted octanol–water partition coefficient (Wildman–Crippen LogP) is 3.15. The summed E-state index contributed by atoms with van der Waals surface area (Å²) in [7, 11) is -3.20. The zero-order valence-corrected chi connectivity index (χ0v) is 17.3. The molecule has 3 rings (SSSR count). The molecule has 0 radical (unpaired) electrons. The SMILES string of the molecule is CC(C)(C)S(=O)(=O)Cc1ccc(NC(=O)C2CC23CCNCC3)cc1.Cl. The van der Waals surface area contributed by atoms with Crippen molar-refractivity contribution in [2.75, 3.05) is 18.4 Å². The van der Waals surface area contributed by atoms with Crippen LogP contribution in [-0.4, -0.2) is 32.2 Å². The number of nitrogens with one attached hydrogen (secondary N) is 2. The van der Waals surface area contributed by atoms with E-state index in [0.717, 1.165) is 43.6 Å². The van der Waals surface area contributed by atoms with Gasteiger partial charge in [0.25, 0.3) is 0 Å². The molecule has 1 aromatic rings. The van der Waals surface area contributed by atoms with Gasteiger partial charge >= 0.3 is 0 Å². The summed E-state index contributed by atoms with van der Waals surface area (Å²) in [5.74, 6) is 0.233. The van der Waals surface area contributed by atoms with E-state index >= 15 is 0 Å². The first-order chi connectivity index (χ1) is 11.6. The van der Waals surface area contributed by atoms with Gasteiger partial charge in [0.1, 0.15) is 0 Å². The Morgan fingerprint density at radius 1 is 1.19 bits per heavy atom. The van der Waals surface area contributed by atoms with Gasteiger partial charge in [-0.2, -0.15) is 0 Å². The van der Waals surface area contributed by atoms with Crippen LogP contribution in [0.2, 0.25) is 0 Å². The number of carbonyl (C=O) groups is 1. The third-order valence-corrected chi connectivity index (χ3v) is 8.20. The summed E-state index contributed by atoms with van der Waals surface area (Å²) in [4.78, 5) is 12.5. The zero-order chi connectivity index (χ0) is 18.3. The second-order valence-corrected chi connectivity index (χ2v) is 11.2. The molecule has 1 atom stereocenters. The molecule has 1 aliphatic heterocycles. The molecule has 1 saturated heterocycles. The summed E-state index contributed by atoms with van der Waals surface area (Å²) in [6, 6.07) is 7.16. The molecule has 0 aromatic heterocycles. The first-order valence-electron chi connectivity index (χ1n) is 8.96. The third kappa shape index (κ3) is 4.41. The molecule has 1 heterocycles. The van der Waals surface area contributed by atoms with Crippen molar-refractivity contribution in [1.82, 2.24) is 5.32 Å². The van der Waals surface area contributed by atoms with Crippen LogP contribution in [0.15, 0.2) is 24.3 Å². The van der Waals surface area contributed by atoms with Gasteiger partial charge < -0.3 is 10.6 Å². The Labute approximate surface area is 162 Å². The maximum atomic E-state index is 12.5. The molecule has 1 aromatic carbocycles. The van der Waals surface area contributed by atoms with Crippen molar-refractivity contribution < 1.29 is 13.2 Å². The molecule has 0 bridgehead atoms. The second kappa shape index (κ2) is 7.49. The van der Waals surface area contributed by atoms with Crippen molar-refractivity contribution >= 4 is 33.8 Å². The maximum Gasteiger partial charge on any atom is 0.228 e. The van der Waals surface area contributed by atoms with Crippen LogP contribution in [0.5, 0.6) is 0 Å². The number of carbonyl (C=O) groups excluding carboxylic acids is 1. The van der Waals surface area contributed by atoms with E-state index in [1.165, 1.54) is 0 Å². The highest BCUT2D eigenvalue weighted by atomic mass is 35.5. The molecule has 1 saturated carbocycles. The summed E-state index contributed by atoms with van der Waals surface area (Å²) >= 11 is 0. The summed E-state index contributed by atoms with van der Waals surface area (Å²) in [5, 5.41) is 6.33. The minimum atomic E-state index is -3.20. The molecule has 146 valence electrons. The lowest BCUT2D eigenvalue weighted by molar-refractivity contribution is -0.118. The molecule has 1 unspecified atom stereocenters. The van der Waals surface area contributed by atoms with E-state index in [4.69, 9.17) is 0 Å². The normalized spacial score (nSPS) is 21.7. The van der Waals surface area contributed by atoms with Crippen LogP contribution in [0.3, 0.4) is 0 Å². The average Bonchev–Trinajstić information content (AvgIpc) is 3.22. The largest absolute Gasteiger partial charge is 0.326 e. The van der Waals surface area contributed by atoms with Crippen molar-refractivity contribution in [3.05, 3.63) is 29.8 Å². The summed E-state index contributed by atoms with van der Waals surface area (Å²) < 4.78 is 23.8. The van der Waals surface area contributed by atoms with E-state index in [1.54, 1.807) is 45.0 Å². The van der Waals surface area contributed by atoms with E-state index in [9.17, 15) is 13.2 Å². The van der Waals surface area contributed by atoms with Gasteiger partial charge in [0.05, 0.1) is 10.5 Å². The fraction of sp³-hybridized carbons (Fsp3) is 0.632. The molecular formula is C19H29ClN2O3S. The van der Waals surface area contributed by atoms with Gasteiger partial charge in [0.2, 0.25) is 5.91 Å². The quantitative estimate of drug-likeness (QED) is 0.814. The van der Waals surface area contributed by atoms with Crippen LogP contribution in [-0.2, 0) is 20.4 Å². The number of rotatable bonds is 4. The Bertz CT molecular complexity index is 748. The lowest BCUT2D eigenvalue weighted by atomic mass is 9.92. The van der Waals surface area contributed by atoms with Gasteiger partial charge in [0.15, 0.2) is 9.84 Å². The maximum absolute atomic E-state index is 12.5. The number of anilines is 1. The number of hydrogen-bond donors (Lipinski definition) is 2. The van der Waals surface area contributed by atoms with Gasteiger partial charge in [0, 0.05) is 11.6 Å².